The molecule has 1 rings (SSSR count). The average Bonchev–Trinajstić information content (AvgIpc) is 2.82. The van der Waals surface area contributed by atoms with Crippen LogP contribution in [0, 0.1) is 0 Å². The number of carboxylic acid groups (broad SMARTS) is 1. The lowest BCUT2D eigenvalue weighted by Crippen LogP contribution is -2.56. The zero-order valence-electron chi connectivity index (χ0n) is 12.9. The Morgan fingerprint density at radius 3 is 2.60 bits per heavy atom. The predicted molar refractivity (Wildman–Crippen MR) is 75.7 cm³/mol. The number of amides is 2. The molecule has 0 bridgehead atoms. The minimum Gasteiger partial charge on any atom is -0.479 e. The molecule has 116 valence electrons. The van der Waals surface area contributed by atoms with Crippen molar-refractivity contribution in [1.82, 2.24) is 9.80 Å². The molecule has 0 radical (unpaired) electrons. The molecule has 0 aromatic carbocycles. The summed E-state index contributed by atoms with van der Waals surface area (Å²) in [4.78, 5) is 27.0. The fourth-order valence-corrected chi connectivity index (χ4v) is 2.63. The molecule has 6 heteroatoms. The number of ether oxygens (including phenoxy) is 1. The number of likely N-dealkylation sites (N-methyl/N-ethyl adjacent to an activating group) is 1. The van der Waals surface area contributed by atoms with E-state index in [1.165, 1.54) is 4.90 Å². The minimum absolute atomic E-state index is 0.124. The van der Waals surface area contributed by atoms with E-state index >= 15 is 0 Å². The van der Waals surface area contributed by atoms with Crippen molar-refractivity contribution in [2.24, 2.45) is 0 Å². The van der Waals surface area contributed by atoms with E-state index in [0.717, 1.165) is 6.42 Å². The molecule has 0 aromatic rings. The molecule has 1 saturated heterocycles. The fraction of sp³-hybridized carbons (Fsp3) is 0.857. The summed E-state index contributed by atoms with van der Waals surface area (Å²) in [6.07, 6.45) is 1.83. The van der Waals surface area contributed by atoms with Crippen LogP contribution in [0.1, 0.15) is 40.0 Å². The highest BCUT2D eigenvalue weighted by Crippen LogP contribution is 2.33. The van der Waals surface area contributed by atoms with Gasteiger partial charge in [-0.3, -0.25) is 0 Å². The highest BCUT2D eigenvalue weighted by Gasteiger charge is 2.49. The van der Waals surface area contributed by atoms with Gasteiger partial charge in [-0.05, 0) is 33.1 Å². The molecule has 0 spiro atoms. The zero-order chi connectivity index (χ0) is 15.3. The van der Waals surface area contributed by atoms with Gasteiger partial charge in [0.15, 0.2) is 0 Å². The van der Waals surface area contributed by atoms with Crippen molar-refractivity contribution in [3.05, 3.63) is 0 Å². The second kappa shape index (κ2) is 6.92. The molecule has 1 heterocycles. The molecular weight excluding hydrogens is 260 g/mol. The number of rotatable bonds is 6. The SMILES string of the molecule is CCC1(C(=O)O)CCCN1C(=O)N(C)CCOC(C)C. The first-order chi connectivity index (χ1) is 9.35. The van der Waals surface area contributed by atoms with Crippen LogP contribution in [-0.2, 0) is 9.53 Å². The maximum absolute atomic E-state index is 12.4. The van der Waals surface area contributed by atoms with Crippen molar-refractivity contribution >= 4 is 12.0 Å². The van der Waals surface area contributed by atoms with Gasteiger partial charge >= 0.3 is 12.0 Å². The third-order valence-corrected chi connectivity index (χ3v) is 3.91. The highest BCUT2D eigenvalue weighted by molar-refractivity contribution is 5.87. The molecule has 0 aliphatic carbocycles. The fourth-order valence-electron chi connectivity index (χ4n) is 2.63. The van der Waals surface area contributed by atoms with Crippen molar-refractivity contribution in [2.75, 3.05) is 26.7 Å². The summed E-state index contributed by atoms with van der Waals surface area (Å²) in [6.45, 7) is 7.13. The quantitative estimate of drug-likeness (QED) is 0.808. The van der Waals surface area contributed by atoms with Gasteiger partial charge in [-0.2, -0.15) is 0 Å². The molecule has 1 aliphatic heterocycles. The third kappa shape index (κ3) is 3.42. The Labute approximate surface area is 120 Å². The number of carbonyl (C=O) groups is 2. The Balaban J connectivity index is 2.67. The summed E-state index contributed by atoms with van der Waals surface area (Å²) in [6, 6.07) is -0.223. The first kappa shape index (κ1) is 16.8. The summed E-state index contributed by atoms with van der Waals surface area (Å²) < 4.78 is 5.42. The maximum Gasteiger partial charge on any atom is 0.329 e. The normalized spacial score (nSPS) is 22.4. The van der Waals surface area contributed by atoms with Crippen LogP contribution < -0.4 is 0 Å². The van der Waals surface area contributed by atoms with Gasteiger partial charge in [-0.25, -0.2) is 9.59 Å². The van der Waals surface area contributed by atoms with Crippen molar-refractivity contribution in [3.63, 3.8) is 0 Å². The van der Waals surface area contributed by atoms with Crippen LogP contribution in [-0.4, -0.2) is 65.3 Å². The first-order valence-electron chi connectivity index (χ1n) is 7.23. The number of carbonyl (C=O) groups excluding carboxylic acids is 1. The molecule has 1 N–H and O–H groups in total. The van der Waals surface area contributed by atoms with E-state index in [1.54, 1.807) is 11.9 Å². The first-order valence-corrected chi connectivity index (χ1v) is 7.23. The molecule has 2 amide bonds. The van der Waals surface area contributed by atoms with Crippen molar-refractivity contribution < 1.29 is 19.4 Å². The van der Waals surface area contributed by atoms with Crippen LogP contribution in [0.5, 0.6) is 0 Å². The van der Waals surface area contributed by atoms with Crippen LogP contribution in [0.15, 0.2) is 0 Å². The zero-order valence-corrected chi connectivity index (χ0v) is 12.9. The largest absolute Gasteiger partial charge is 0.479 e. The summed E-state index contributed by atoms with van der Waals surface area (Å²) in [7, 11) is 1.69. The Kier molecular flexibility index (Phi) is 5.80. The number of carboxylic acids is 1. The van der Waals surface area contributed by atoms with Gasteiger partial charge < -0.3 is 19.6 Å². The van der Waals surface area contributed by atoms with Crippen LogP contribution in [0.3, 0.4) is 0 Å². The molecule has 20 heavy (non-hydrogen) atoms. The summed E-state index contributed by atoms with van der Waals surface area (Å²) in [5.41, 5.74) is -1.04. The average molecular weight is 286 g/mol. The molecule has 1 unspecified atom stereocenters. The summed E-state index contributed by atoms with van der Waals surface area (Å²) >= 11 is 0. The van der Waals surface area contributed by atoms with E-state index in [-0.39, 0.29) is 12.1 Å². The molecular formula is C14H26N2O4. The number of aliphatic carboxylic acids is 1. The van der Waals surface area contributed by atoms with E-state index in [2.05, 4.69) is 0 Å². The number of hydrogen-bond acceptors (Lipinski definition) is 3. The van der Waals surface area contributed by atoms with E-state index in [0.29, 0.717) is 32.5 Å². The predicted octanol–water partition coefficient (Wildman–Crippen LogP) is 1.79. The molecule has 1 aliphatic rings. The van der Waals surface area contributed by atoms with E-state index in [1.807, 2.05) is 20.8 Å². The van der Waals surface area contributed by atoms with Gasteiger partial charge in [0.25, 0.3) is 0 Å². The topological polar surface area (TPSA) is 70.1 Å². The Hall–Kier alpha value is -1.30. The second-order valence-corrected chi connectivity index (χ2v) is 5.57. The van der Waals surface area contributed by atoms with Gasteiger partial charge in [0.1, 0.15) is 5.54 Å². The summed E-state index contributed by atoms with van der Waals surface area (Å²) in [5, 5.41) is 9.48. The third-order valence-electron chi connectivity index (χ3n) is 3.91. The van der Waals surface area contributed by atoms with E-state index in [9.17, 15) is 14.7 Å². The van der Waals surface area contributed by atoms with Crippen molar-refractivity contribution in [2.45, 2.75) is 51.7 Å². The Bertz CT molecular complexity index is 359. The van der Waals surface area contributed by atoms with Gasteiger partial charge in [0.05, 0.1) is 12.7 Å². The molecule has 0 saturated carbocycles. The van der Waals surface area contributed by atoms with E-state index in [4.69, 9.17) is 4.74 Å². The highest BCUT2D eigenvalue weighted by atomic mass is 16.5. The summed E-state index contributed by atoms with van der Waals surface area (Å²) in [5.74, 6) is -0.905. The molecule has 1 fully saturated rings. The van der Waals surface area contributed by atoms with Crippen LogP contribution in [0.4, 0.5) is 4.79 Å². The molecule has 1 atom stereocenters. The van der Waals surface area contributed by atoms with Crippen molar-refractivity contribution in [3.8, 4) is 0 Å². The lowest BCUT2D eigenvalue weighted by Gasteiger charge is -2.36. The second-order valence-electron chi connectivity index (χ2n) is 5.57. The smallest absolute Gasteiger partial charge is 0.329 e. The lowest BCUT2D eigenvalue weighted by molar-refractivity contribution is -0.148. The Morgan fingerprint density at radius 2 is 2.10 bits per heavy atom. The van der Waals surface area contributed by atoms with Gasteiger partial charge in [0.2, 0.25) is 0 Å². The van der Waals surface area contributed by atoms with Crippen molar-refractivity contribution in [1.29, 1.82) is 0 Å². The number of hydrogen-bond donors (Lipinski definition) is 1. The Morgan fingerprint density at radius 1 is 1.45 bits per heavy atom. The van der Waals surface area contributed by atoms with Gasteiger partial charge in [-0.15, -0.1) is 0 Å². The standard InChI is InChI=1S/C14H26N2O4/c1-5-14(12(17)18)7-6-8-16(14)13(19)15(4)9-10-20-11(2)3/h11H,5-10H2,1-4H3,(H,17,18). The monoisotopic (exact) mass is 286 g/mol. The van der Waals surface area contributed by atoms with Crippen LogP contribution in [0.25, 0.3) is 0 Å². The maximum atomic E-state index is 12.4. The van der Waals surface area contributed by atoms with Gasteiger partial charge in [-0.1, -0.05) is 6.92 Å². The molecule has 0 aromatic heterocycles. The molecule has 6 nitrogen and oxygen atoms in total. The van der Waals surface area contributed by atoms with Crippen LogP contribution in [0.2, 0.25) is 0 Å². The lowest BCUT2D eigenvalue weighted by atomic mass is 9.93. The number of nitrogens with zero attached hydrogens (tertiary/aromatic N) is 2. The number of urea groups is 1. The van der Waals surface area contributed by atoms with E-state index < -0.39 is 11.5 Å². The number of likely N-dealkylation sites (tertiary alicyclic amines) is 1. The minimum atomic E-state index is -1.04. The van der Waals surface area contributed by atoms with Gasteiger partial charge in [0, 0.05) is 20.1 Å². The van der Waals surface area contributed by atoms with Crippen LogP contribution >= 0.6 is 0 Å².